The van der Waals surface area contributed by atoms with Crippen molar-refractivity contribution in [3.05, 3.63) is 144 Å². The predicted octanol–water partition coefficient (Wildman–Crippen LogP) is 9.02. The van der Waals surface area contributed by atoms with Gasteiger partial charge in [-0.1, -0.05) is 74.0 Å². The van der Waals surface area contributed by atoms with E-state index in [-0.39, 0.29) is 16.7 Å². The summed E-state index contributed by atoms with van der Waals surface area (Å²) in [4.78, 5) is 16.6. The van der Waals surface area contributed by atoms with Crippen LogP contribution in [0, 0.1) is 6.92 Å². The number of hydrogen-bond donors (Lipinski definition) is 0. The average molecular weight is 518 g/mol. The van der Waals surface area contributed by atoms with Gasteiger partial charge in [-0.05, 0) is 90.8 Å². The summed E-state index contributed by atoms with van der Waals surface area (Å²) in [6.45, 7) is 6.11. The minimum absolute atomic E-state index is 0.0428. The highest BCUT2D eigenvalue weighted by atomic mass is 32.2. The second-order valence-corrected chi connectivity index (χ2v) is 10.6. The molecule has 0 bridgehead atoms. The SMILES string of the molecule is CC.COc1ccc(-c2ccc([S+](c3ccc(C)cc3)c3ccc(C(=O)c4ccccc4)cc3)cc2)cc1. The molecule has 5 aromatic carbocycles. The van der Waals surface area contributed by atoms with Gasteiger partial charge >= 0.3 is 0 Å². The van der Waals surface area contributed by atoms with Crippen molar-refractivity contribution in [2.24, 2.45) is 0 Å². The van der Waals surface area contributed by atoms with E-state index in [2.05, 4.69) is 79.7 Å². The molecule has 0 saturated carbocycles. The lowest BCUT2D eigenvalue weighted by molar-refractivity contribution is 0.103. The number of aryl methyl sites for hydroxylation is 1. The van der Waals surface area contributed by atoms with Crippen molar-refractivity contribution < 1.29 is 9.53 Å². The van der Waals surface area contributed by atoms with Crippen LogP contribution in [0.25, 0.3) is 11.1 Å². The first-order chi connectivity index (χ1) is 18.6. The molecule has 0 heterocycles. The second kappa shape index (κ2) is 12.9. The summed E-state index contributed by atoms with van der Waals surface area (Å²) in [6, 6.07) is 43.2. The van der Waals surface area contributed by atoms with Gasteiger partial charge in [0, 0.05) is 11.1 Å². The molecule has 0 radical (unpaired) electrons. The lowest BCUT2D eigenvalue weighted by atomic mass is 10.0. The predicted molar refractivity (Wildman–Crippen MR) is 159 cm³/mol. The van der Waals surface area contributed by atoms with Crippen LogP contribution < -0.4 is 4.74 Å². The van der Waals surface area contributed by atoms with Gasteiger partial charge in [0.15, 0.2) is 20.5 Å². The minimum atomic E-state index is -0.290. The molecule has 38 heavy (non-hydrogen) atoms. The highest BCUT2D eigenvalue weighted by Gasteiger charge is 2.29. The van der Waals surface area contributed by atoms with Gasteiger partial charge in [-0.15, -0.1) is 0 Å². The number of benzene rings is 5. The van der Waals surface area contributed by atoms with Crippen molar-refractivity contribution in [1.29, 1.82) is 0 Å². The van der Waals surface area contributed by atoms with Crippen LogP contribution in [0.4, 0.5) is 0 Å². The molecule has 5 rings (SSSR count). The zero-order chi connectivity index (χ0) is 26.9. The largest absolute Gasteiger partial charge is 0.497 e. The first-order valence-corrected chi connectivity index (χ1v) is 14.1. The van der Waals surface area contributed by atoms with Gasteiger partial charge in [0.1, 0.15) is 5.75 Å². The zero-order valence-electron chi connectivity index (χ0n) is 22.3. The molecule has 0 amide bonds. The maximum Gasteiger partial charge on any atom is 0.193 e. The van der Waals surface area contributed by atoms with Crippen LogP contribution in [0.3, 0.4) is 0 Å². The smallest absolute Gasteiger partial charge is 0.193 e. The van der Waals surface area contributed by atoms with Gasteiger partial charge in [-0.25, -0.2) is 0 Å². The van der Waals surface area contributed by atoms with Gasteiger partial charge in [0.2, 0.25) is 0 Å². The van der Waals surface area contributed by atoms with Crippen LogP contribution in [0.15, 0.2) is 142 Å². The number of carbonyl (C=O) groups excluding carboxylic acids is 1. The highest BCUT2D eigenvalue weighted by Crippen LogP contribution is 2.33. The van der Waals surface area contributed by atoms with Crippen LogP contribution >= 0.6 is 0 Å². The van der Waals surface area contributed by atoms with E-state index in [1.54, 1.807) is 7.11 Å². The quantitative estimate of drug-likeness (QED) is 0.159. The van der Waals surface area contributed by atoms with E-state index in [1.807, 2.05) is 68.4 Å². The van der Waals surface area contributed by atoms with Crippen molar-refractivity contribution in [2.75, 3.05) is 7.11 Å². The van der Waals surface area contributed by atoms with E-state index in [1.165, 1.54) is 20.2 Å². The standard InChI is InChI=1S/C33H27O2S.C2H6/c1-24-8-18-30(19-9-24)36(31-20-12-26(13-21-31)25-10-16-29(35-2)17-11-25)32-22-14-28(15-23-32)33(34)27-6-4-3-5-7-27;1-2/h3-23H,1-2H3;1-2H3/q+1;. The second-order valence-electron chi connectivity index (χ2n) is 8.59. The molecule has 3 heteroatoms. The van der Waals surface area contributed by atoms with Gasteiger partial charge in [-0.2, -0.15) is 0 Å². The summed E-state index contributed by atoms with van der Waals surface area (Å²) in [5.74, 6) is 0.895. The van der Waals surface area contributed by atoms with Crippen molar-refractivity contribution >= 4 is 16.7 Å². The normalized spacial score (nSPS) is 11.2. The Bertz CT molecular complexity index is 1440. The third-order valence-electron chi connectivity index (χ3n) is 6.16. The molecular formula is C35H33O2S+. The molecule has 1 unspecified atom stereocenters. The molecule has 5 aromatic rings. The molecule has 1 atom stereocenters. The molecule has 0 aliphatic rings. The maximum absolute atomic E-state index is 12.9. The first kappa shape index (κ1) is 27.0. The van der Waals surface area contributed by atoms with Crippen LogP contribution in [0.2, 0.25) is 0 Å². The third kappa shape index (κ3) is 6.24. The molecule has 0 aliphatic heterocycles. The Morgan fingerprint density at radius 3 is 1.47 bits per heavy atom. The number of hydrogen-bond acceptors (Lipinski definition) is 2. The van der Waals surface area contributed by atoms with E-state index in [9.17, 15) is 4.79 Å². The van der Waals surface area contributed by atoms with Crippen LogP contribution in [-0.4, -0.2) is 12.9 Å². The summed E-state index contributed by atoms with van der Waals surface area (Å²) in [6.07, 6.45) is 0. The number of rotatable bonds is 7. The molecule has 2 nitrogen and oxygen atoms in total. The van der Waals surface area contributed by atoms with E-state index in [4.69, 9.17) is 4.74 Å². The van der Waals surface area contributed by atoms with E-state index in [0.29, 0.717) is 11.1 Å². The molecule has 0 saturated heterocycles. The Labute approximate surface area is 229 Å². The molecular weight excluding hydrogens is 484 g/mol. The first-order valence-electron chi connectivity index (χ1n) is 12.9. The topological polar surface area (TPSA) is 26.3 Å². The van der Waals surface area contributed by atoms with Crippen LogP contribution in [-0.2, 0) is 10.9 Å². The summed E-state index contributed by atoms with van der Waals surface area (Å²) >= 11 is 0. The molecule has 0 aliphatic carbocycles. The van der Waals surface area contributed by atoms with Gasteiger partial charge in [-0.3, -0.25) is 4.79 Å². The lowest BCUT2D eigenvalue weighted by Crippen LogP contribution is -2.06. The Balaban J connectivity index is 0.00000164. The Morgan fingerprint density at radius 1 is 0.553 bits per heavy atom. The zero-order valence-corrected chi connectivity index (χ0v) is 23.2. The van der Waals surface area contributed by atoms with Crippen molar-refractivity contribution in [1.82, 2.24) is 0 Å². The van der Waals surface area contributed by atoms with Crippen molar-refractivity contribution in [3.8, 4) is 16.9 Å². The summed E-state index contributed by atoms with van der Waals surface area (Å²) in [5.41, 5.74) is 4.96. The lowest BCUT2D eigenvalue weighted by Gasteiger charge is -2.10. The Kier molecular flexibility index (Phi) is 9.18. The third-order valence-corrected chi connectivity index (χ3v) is 8.39. The number of ether oxygens (including phenoxy) is 1. The molecule has 0 N–H and O–H groups in total. The minimum Gasteiger partial charge on any atom is -0.497 e. The Hall–Kier alpha value is -4.08. The van der Waals surface area contributed by atoms with Crippen LogP contribution in [0.5, 0.6) is 5.75 Å². The summed E-state index contributed by atoms with van der Waals surface area (Å²) < 4.78 is 5.29. The van der Waals surface area contributed by atoms with E-state index < -0.39 is 0 Å². The number of ketones is 1. The highest BCUT2D eigenvalue weighted by molar-refractivity contribution is 7.97. The van der Waals surface area contributed by atoms with Crippen molar-refractivity contribution in [3.63, 3.8) is 0 Å². The van der Waals surface area contributed by atoms with Gasteiger partial charge in [0.25, 0.3) is 0 Å². The fourth-order valence-electron chi connectivity index (χ4n) is 4.15. The number of methoxy groups -OCH3 is 1. The van der Waals surface area contributed by atoms with E-state index in [0.717, 1.165) is 16.9 Å². The fourth-order valence-corrected chi connectivity index (χ4v) is 6.19. The molecule has 0 fully saturated rings. The van der Waals surface area contributed by atoms with Crippen molar-refractivity contribution in [2.45, 2.75) is 35.5 Å². The Morgan fingerprint density at radius 2 is 0.974 bits per heavy atom. The fraction of sp³-hybridized carbons (Fsp3) is 0.114. The molecule has 0 aromatic heterocycles. The monoisotopic (exact) mass is 517 g/mol. The summed E-state index contributed by atoms with van der Waals surface area (Å²) in [7, 11) is 1.39. The van der Waals surface area contributed by atoms with Gasteiger partial charge in [0.05, 0.1) is 18.0 Å². The van der Waals surface area contributed by atoms with E-state index >= 15 is 0 Å². The van der Waals surface area contributed by atoms with Crippen LogP contribution in [0.1, 0.15) is 35.3 Å². The van der Waals surface area contributed by atoms with Gasteiger partial charge < -0.3 is 4.74 Å². The summed E-state index contributed by atoms with van der Waals surface area (Å²) in [5, 5.41) is 0. The maximum atomic E-state index is 12.9. The number of carbonyl (C=O) groups is 1. The molecule has 0 spiro atoms. The molecule has 190 valence electrons. The average Bonchev–Trinajstić information content (AvgIpc) is 3.00.